The van der Waals surface area contributed by atoms with Crippen LogP contribution >= 0.6 is 0 Å². The van der Waals surface area contributed by atoms with Crippen molar-refractivity contribution in [3.05, 3.63) is 71.8 Å². The second-order valence-electron chi connectivity index (χ2n) is 10.0. The summed E-state index contributed by atoms with van der Waals surface area (Å²) in [6, 6.07) is 12.9. The van der Waals surface area contributed by atoms with E-state index in [2.05, 4.69) is 21.9 Å². The molecule has 0 bridgehead atoms. The van der Waals surface area contributed by atoms with Crippen LogP contribution in [0.4, 0.5) is 0 Å². The summed E-state index contributed by atoms with van der Waals surface area (Å²) in [7, 11) is 2.90. The van der Waals surface area contributed by atoms with Crippen molar-refractivity contribution < 1.29 is 33.4 Å². The maximum Gasteiger partial charge on any atom is 0.306 e. The van der Waals surface area contributed by atoms with E-state index < -0.39 is 12.0 Å². The van der Waals surface area contributed by atoms with E-state index in [0.717, 1.165) is 28.9 Å². The normalized spacial score (nSPS) is 14.1. The number of carbonyl (C=O) groups is 4. The van der Waals surface area contributed by atoms with Crippen LogP contribution in [-0.4, -0.2) is 68.5 Å². The fourth-order valence-corrected chi connectivity index (χ4v) is 4.76. The standard InChI is InChI=1S/C32H41N3O7/c1-4-20-42-28-21-24(7-11-25(28)22-34-29(36)14-16-31(38)41-3)17-18-33-32(39)27-6-5-19-35(27)30(37)15-10-23-8-12-26(40-2)13-9-23/h4,7-9,11-13,21,27H,1,5-6,10,14-20,22H2,2-3H3,(H,33,39)(H,34,36)/t27-/m0/s1. The molecule has 3 amide bonds. The molecule has 10 heteroatoms. The number of likely N-dealkylation sites (tertiary alicyclic amines) is 1. The summed E-state index contributed by atoms with van der Waals surface area (Å²) in [4.78, 5) is 51.0. The molecule has 1 heterocycles. The van der Waals surface area contributed by atoms with Crippen LogP contribution in [0.25, 0.3) is 0 Å². The molecule has 42 heavy (non-hydrogen) atoms. The molecule has 1 fully saturated rings. The van der Waals surface area contributed by atoms with E-state index in [-0.39, 0.29) is 37.1 Å². The third kappa shape index (κ3) is 9.94. The third-order valence-corrected chi connectivity index (χ3v) is 7.12. The van der Waals surface area contributed by atoms with Crippen LogP contribution in [0, 0.1) is 0 Å². The van der Waals surface area contributed by atoms with Gasteiger partial charge in [0.1, 0.15) is 24.1 Å². The quantitative estimate of drug-likeness (QED) is 0.231. The Hall–Kier alpha value is -4.34. The Kier molecular flexibility index (Phi) is 12.9. The number of methoxy groups -OCH3 is 2. The van der Waals surface area contributed by atoms with Gasteiger partial charge in [-0.05, 0) is 55.0 Å². The average Bonchev–Trinajstić information content (AvgIpc) is 3.51. The van der Waals surface area contributed by atoms with Gasteiger partial charge in [0.2, 0.25) is 17.7 Å². The number of nitrogens with one attached hydrogen (secondary N) is 2. The van der Waals surface area contributed by atoms with Crippen molar-refractivity contribution in [2.24, 2.45) is 0 Å². The van der Waals surface area contributed by atoms with Gasteiger partial charge in [0.15, 0.2) is 0 Å². The predicted molar refractivity (Wildman–Crippen MR) is 158 cm³/mol. The molecular formula is C32H41N3O7. The highest BCUT2D eigenvalue weighted by atomic mass is 16.5. The molecule has 226 valence electrons. The monoisotopic (exact) mass is 579 g/mol. The van der Waals surface area contributed by atoms with E-state index in [9.17, 15) is 19.2 Å². The zero-order valence-corrected chi connectivity index (χ0v) is 24.5. The molecule has 10 nitrogen and oxygen atoms in total. The van der Waals surface area contributed by atoms with Crippen molar-refractivity contribution in [2.45, 2.75) is 57.5 Å². The van der Waals surface area contributed by atoms with Crippen molar-refractivity contribution >= 4 is 23.7 Å². The lowest BCUT2D eigenvalue weighted by molar-refractivity contribution is -0.142. The first-order chi connectivity index (χ1) is 20.3. The smallest absolute Gasteiger partial charge is 0.306 e. The van der Waals surface area contributed by atoms with Crippen molar-refractivity contribution in [2.75, 3.05) is 33.9 Å². The average molecular weight is 580 g/mol. The number of rotatable bonds is 16. The highest BCUT2D eigenvalue weighted by Gasteiger charge is 2.33. The zero-order chi connectivity index (χ0) is 30.3. The summed E-state index contributed by atoms with van der Waals surface area (Å²) in [6.07, 6.45) is 4.68. The van der Waals surface area contributed by atoms with E-state index in [1.54, 1.807) is 18.1 Å². The number of nitrogens with zero attached hydrogens (tertiary/aromatic N) is 1. The van der Waals surface area contributed by atoms with Gasteiger partial charge in [-0.1, -0.05) is 36.9 Å². The van der Waals surface area contributed by atoms with E-state index in [1.165, 1.54) is 7.11 Å². The number of carbonyl (C=O) groups excluding carboxylic acids is 4. The summed E-state index contributed by atoms with van der Waals surface area (Å²) in [5.74, 6) is 0.530. The molecule has 1 aliphatic rings. The summed E-state index contributed by atoms with van der Waals surface area (Å²) < 4.78 is 15.6. The largest absolute Gasteiger partial charge is 0.497 e. The van der Waals surface area contributed by atoms with Gasteiger partial charge in [-0.2, -0.15) is 0 Å². The SMILES string of the molecule is C=CCOc1cc(CCNC(=O)[C@@H]2CCCN2C(=O)CCc2ccc(OC)cc2)ccc1CNC(=O)CCC(=O)OC. The molecule has 0 unspecified atom stereocenters. The first-order valence-electron chi connectivity index (χ1n) is 14.2. The molecule has 2 N–H and O–H groups in total. The lowest BCUT2D eigenvalue weighted by atomic mass is 10.1. The first kappa shape index (κ1) is 32.2. The Bertz CT molecular complexity index is 1230. The Labute approximate surface area is 247 Å². The molecule has 2 aromatic carbocycles. The van der Waals surface area contributed by atoms with Crippen molar-refractivity contribution in [3.63, 3.8) is 0 Å². The molecule has 3 rings (SSSR count). The van der Waals surface area contributed by atoms with Crippen LogP contribution < -0.4 is 20.1 Å². The molecule has 1 atom stereocenters. The van der Waals surface area contributed by atoms with Crippen LogP contribution in [0.1, 0.15) is 48.8 Å². The molecule has 0 aromatic heterocycles. The molecule has 1 saturated heterocycles. The minimum Gasteiger partial charge on any atom is -0.497 e. The predicted octanol–water partition coefficient (Wildman–Crippen LogP) is 3.11. The molecule has 0 spiro atoms. The lowest BCUT2D eigenvalue weighted by Crippen LogP contribution is -2.46. The fourth-order valence-electron chi connectivity index (χ4n) is 4.76. The van der Waals surface area contributed by atoms with E-state index in [0.29, 0.717) is 51.1 Å². The van der Waals surface area contributed by atoms with Crippen LogP contribution in [-0.2, 0) is 43.3 Å². The molecule has 0 radical (unpaired) electrons. The lowest BCUT2D eigenvalue weighted by Gasteiger charge is -2.24. The summed E-state index contributed by atoms with van der Waals surface area (Å²) in [5, 5.41) is 5.78. The van der Waals surface area contributed by atoms with E-state index >= 15 is 0 Å². The fraction of sp³-hybridized carbons (Fsp3) is 0.438. The van der Waals surface area contributed by atoms with Crippen LogP contribution in [0.15, 0.2) is 55.1 Å². The highest BCUT2D eigenvalue weighted by Crippen LogP contribution is 2.22. The summed E-state index contributed by atoms with van der Waals surface area (Å²) in [5.41, 5.74) is 2.78. The van der Waals surface area contributed by atoms with Gasteiger partial charge in [-0.25, -0.2) is 0 Å². The number of amides is 3. The number of esters is 1. The molecule has 0 aliphatic carbocycles. The topological polar surface area (TPSA) is 123 Å². The number of hydrogen-bond acceptors (Lipinski definition) is 7. The molecule has 1 aliphatic heterocycles. The molecular weight excluding hydrogens is 538 g/mol. The van der Waals surface area contributed by atoms with Crippen LogP contribution in [0.5, 0.6) is 11.5 Å². The Morgan fingerprint density at radius 1 is 0.976 bits per heavy atom. The maximum absolute atomic E-state index is 13.0. The molecule has 0 saturated carbocycles. The number of benzene rings is 2. The van der Waals surface area contributed by atoms with Gasteiger partial charge in [0.25, 0.3) is 0 Å². The van der Waals surface area contributed by atoms with Crippen LogP contribution in [0.3, 0.4) is 0 Å². The second kappa shape index (κ2) is 16.8. The van der Waals surface area contributed by atoms with E-state index in [4.69, 9.17) is 9.47 Å². The number of hydrogen-bond donors (Lipinski definition) is 2. The van der Waals surface area contributed by atoms with Crippen LogP contribution in [0.2, 0.25) is 0 Å². The van der Waals surface area contributed by atoms with Gasteiger partial charge in [0.05, 0.1) is 20.6 Å². The van der Waals surface area contributed by atoms with Crippen molar-refractivity contribution in [3.8, 4) is 11.5 Å². The van der Waals surface area contributed by atoms with Gasteiger partial charge in [0, 0.05) is 38.0 Å². The van der Waals surface area contributed by atoms with Gasteiger partial charge >= 0.3 is 5.97 Å². The Morgan fingerprint density at radius 2 is 1.74 bits per heavy atom. The highest BCUT2D eigenvalue weighted by molar-refractivity contribution is 5.88. The molecule has 2 aromatic rings. The Balaban J connectivity index is 1.49. The van der Waals surface area contributed by atoms with E-state index in [1.807, 2.05) is 42.5 Å². The Morgan fingerprint density at radius 3 is 2.45 bits per heavy atom. The van der Waals surface area contributed by atoms with Crippen molar-refractivity contribution in [1.29, 1.82) is 0 Å². The van der Waals surface area contributed by atoms with Gasteiger partial charge in [-0.15, -0.1) is 0 Å². The summed E-state index contributed by atoms with van der Waals surface area (Å²) >= 11 is 0. The van der Waals surface area contributed by atoms with Crippen molar-refractivity contribution in [1.82, 2.24) is 15.5 Å². The van der Waals surface area contributed by atoms with Gasteiger partial charge < -0.3 is 29.7 Å². The minimum absolute atomic E-state index is 0.0135. The second-order valence-corrected chi connectivity index (χ2v) is 10.0. The third-order valence-electron chi connectivity index (χ3n) is 7.12. The number of ether oxygens (including phenoxy) is 3. The minimum atomic E-state index is -0.454. The number of aryl methyl sites for hydroxylation is 1. The van der Waals surface area contributed by atoms with Gasteiger partial charge in [-0.3, -0.25) is 19.2 Å². The summed E-state index contributed by atoms with van der Waals surface area (Å²) in [6.45, 7) is 5.23. The first-order valence-corrected chi connectivity index (χ1v) is 14.2. The zero-order valence-electron chi connectivity index (χ0n) is 24.5. The maximum atomic E-state index is 13.0.